The van der Waals surface area contributed by atoms with E-state index in [0.29, 0.717) is 18.5 Å². The average Bonchev–Trinajstić information content (AvgIpc) is 2.59. The third-order valence-corrected chi connectivity index (χ3v) is 3.64. The molecule has 22 heavy (non-hydrogen) atoms. The highest BCUT2D eigenvalue weighted by Gasteiger charge is 2.03. The number of nitrogens with one attached hydrogen (secondary N) is 1. The van der Waals surface area contributed by atoms with Crippen LogP contribution in [0.3, 0.4) is 0 Å². The molecule has 3 nitrogen and oxygen atoms in total. The molecule has 3 heteroatoms. The van der Waals surface area contributed by atoms with Gasteiger partial charge in [0.1, 0.15) is 0 Å². The Labute approximate surface area is 131 Å². The highest BCUT2D eigenvalue weighted by atomic mass is 16.1. The van der Waals surface area contributed by atoms with Crippen LogP contribution in [0.1, 0.15) is 35.6 Å². The summed E-state index contributed by atoms with van der Waals surface area (Å²) >= 11 is 0. The van der Waals surface area contributed by atoms with Crippen molar-refractivity contribution in [3.05, 3.63) is 70.8 Å². The van der Waals surface area contributed by atoms with E-state index in [2.05, 4.69) is 42.6 Å². The van der Waals surface area contributed by atoms with Gasteiger partial charge in [-0.05, 0) is 41.7 Å². The Morgan fingerprint density at radius 3 is 2.18 bits per heavy atom. The molecule has 0 spiro atoms. The van der Waals surface area contributed by atoms with Crippen LogP contribution in [-0.2, 0) is 24.2 Å². The van der Waals surface area contributed by atoms with Crippen molar-refractivity contribution >= 4 is 5.91 Å². The van der Waals surface area contributed by atoms with Crippen LogP contribution in [0, 0.1) is 11.3 Å². The lowest BCUT2D eigenvalue weighted by molar-refractivity contribution is -0.121. The lowest BCUT2D eigenvalue weighted by Crippen LogP contribution is -2.22. The van der Waals surface area contributed by atoms with Gasteiger partial charge in [-0.25, -0.2) is 0 Å². The third-order valence-electron chi connectivity index (χ3n) is 3.64. The van der Waals surface area contributed by atoms with E-state index in [1.165, 1.54) is 11.1 Å². The fraction of sp³-hybridized carbons (Fsp3) is 0.263. The molecule has 0 radical (unpaired) electrons. The van der Waals surface area contributed by atoms with E-state index in [-0.39, 0.29) is 5.91 Å². The van der Waals surface area contributed by atoms with Gasteiger partial charge < -0.3 is 5.32 Å². The van der Waals surface area contributed by atoms with Crippen LogP contribution in [0.2, 0.25) is 0 Å². The first-order valence-corrected chi connectivity index (χ1v) is 7.55. The molecule has 0 unspecified atom stereocenters. The van der Waals surface area contributed by atoms with Crippen LogP contribution in [0.4, 0.5) is 0 Å². The van der Waals surface area contributed by atoms with Gasteiger partial charge in [-0.1, -0.05) is 43.3 Å². The van der Waals surface area contributed by atoms with Crippen molar-refractivity contribution in [1.29, 1.82) is 5.26 Å². The maximum Gasteiger partial charge on any atom is 0.220 e. The first kappa shape index (κ1) is 15.8. The minimum Gasteiger partial charge on any atom is -0.352 e. The maximum absolute atomic E-state index is 11.9. The van der Waals surface area contributed by atoms with E-state index < -0.39 is 0 Å². The first-order valence-electron chi connectivity index (χ1n) is 7.55. The summed E-state index contributed by atoms with van der Waals surface area (Å²) in [6.45, 7) is 2.63. The number of carbonyl (C=O) groups is 1. The zero-order valence-electron chi connectivity index (χ0n) is 12.8. The number of hydrogen-bond acceptors (Lipinski definition) is 2. The molecule has 0 fully saturated rings. The molecule has 0 bridgehead atoms. The van der Waals surface area contributed by atoms with Crippen LogP contribution in [-0.4, -0.2) is 5.91 Å². The summed E-state index contributed by atoms with van der Waals surface area (Å²) in [6.07, 6.45) is 2.27. The zero-order valence-corrected chi connectivity index (χ0v) is 12.8. The van der Waals surface area contributed by atoms with E-state index in [1.807, 2.05) is 12.1 Å². The predicted molar refractivity (Wildman–Crippen MR) is 87.1 cm³/mol. The van der Waals surface area contributed by atoms with Gasteiger partial charge in [0.2, 0.25) is 5.91 Å². The summed E-state index contributed by atoms with van der Waals surface area (Å²) in [7, 11) is 0. The maximum atomic E-state index is 11.9. The molecule has 112 valence electrons. The van der Waals surface area contributed by atoms with Crippen LogP contribution in [0.15, 0.2) is 48.5 Å². The molecule has 2 aromatic rings. The molecule has 1 N–H and O–H groups in total. The van der Waals surface area contributed by atoms with E-state index in [9.17, 15) is 4.79 Å². The van der Waals surface area contributed by atoms with Crippen LogP contribution in [0.25, 0.3) is 0 Å². The zero-order chi connectivity index (χ0) is 15.8. The van der Waals surface area contributed by atoms with Gasteiger partial charge in [0.25, 0.3) is 0 Å². The number of nitriles is 1. The number of hydrogen-bond donors (Lipinski definition) is 1. The van der Waals surface area contributed by atoms with Crippen molar-refractivity contribution in [2.24, 2.45) is 0 Å². The normalized spacial score (nSPS) is 10.0. The lowest BCUT2D eigenvalue weighted by atomic mass is 10.1. The highest BCUT2D eigenvalue weighted by Crippen LogP contribution is 2.08. The SMILES string of the molecule is CCc1ccc(CCC(=O)NCc2ccc(C#N)cc2)cc1. The second-order valence-electron chi connectivity index (χ2n) is 5.26. The van der Waals surface area contributed by atoms with Crippen LogP contribution in [0.5, 0.6) is 0 Å². The molecule has 0 aliphatic heterocycles. The number of nitrogens with zero attached hydrogens (tertiary/aromatic N) is 1. The minimum atomic E-state index is 0.0453. The van der Waals surface area contributed by atoms with Gasteiger partial charge in [0.05, 0.1) is 11.6 Å². The second-order valence-corrected chi connectivity index (χ2v) is 5.26. The Balaban J connectivity index is 1.76. The van der Waals surface area contributed by atoms with Crippen molar-refractivity contribution in [1.82, 2.24) is 5.32 Å². The first-order chi connectivity index (χ1) is 10.7. The molecule has 1 amide bonds. The summed E-state index contributed by atoms with van der Waals surface area (Å²) in [5.74, 6) is 0.0453. The molecule has 2 aromatic carbocycles. The summed E-state index contributed by atoms with van der Waals surface area (Å²) in [5, 5.41) is 11.6. The van der Waals surface area contributed by atoms with Crippen molar-refractivity contribution in [3.8, 4) is 6.07 Å². The quantitative estimate of drug-likeness (QED) is 0.887. The molecule has 0 atom stereocenters. The van der Waals surface area contributed by atoms with E-state index >= 15 is 0 Å². The number of amides is 1. The molecule has 2 rings (SSSR count). The topological polar surface area (TPSA) is 52.9 Å². The number of rotatable bonds is 6. The number of aryl methyl sites for hydroxylation is 2. The van der Waals surface area contributed by atoms with Crippen LogP contribution < -0.4 is 5.32 Å². The summed E-state index contributed by atoms with van der Waals surface area (Å²) in [5.41, 5.74) is 4.13. The number of benzene rings is 2. The van der Waals surface area contributed by atoms with Crippen molar-refractivity contribution in [2.45, 2.75) is 32.7 Å². The van der Waals surface area contributed by atoms with Crippen molar-refractivity contribution in [2.75, 3.05) is 0 Å². The Morgan fingerprint density at radius 1 is 1.00 bits per heavy atom. The standard InChI is InChI=1S/C19H20N2O/c1-2-15-3-5-16(6-4-15)11-12-19(22)21-14-18-9-7-17(13-20)8-10-18/h3-10H,2,11-12,14H2,1H3,(H,21,22). The molecular formula is C19H20N2O. The Hall–Kier alpha value is -2.60. The average molecular weight is 292 g/mol. The molecule has 0 aromatic heterocycles. The summed E-state index contributed by atoms with van der Waals surface area (Å²) in [4.78, 5) is 11.9. The lowest BCUT2D eigenvalue weighted by Gasteiger charge is -2.06. The van der Waals surface area contributed by atoms with E-state index in [1.54, 1.807) is 12.1 Å². The Bertz CT molecular complexity index is 651. The molecule has 0 heterocycles. The van der Waals surface area contributed by atoms with Gasteiger partial charge in [0, 0.05) is 13.0 Å². The Morgan fingerprint density at radius 2 is 1.59 bits per heavy atom. The van der Waals surface area contributed by atoms with E-state index in [4.69, 9.17) is 5.26 Å². The monoisotopic (exact) mass is 292 g/mol. The summed E-state index contributed by atoms with van der Waals surface area (Å²) < 4.78 is 0. The van der Waals surface area contributed by atoms with Crippen molar-refractivity contribution in [3.63, 3.8) is 0 Å². The minimum absolute atomic E-state index is 0.0453. The van der Waals surface area contributed by atoms with Crippen molar-refractivity contribution < 1.29 is 4.79 Å². The molecule has 0 aliphatic rings. The number of carbonyl (C=O) groups excluding carboxylic acids is 1. The van der Waals surface area contributed by atoms with E-state index in [0.717, 1.165) is 18.4 Å². The van der Waals surface area contributed by atoms with Gasteiger partial charge in [-0.3, -0.25) is 4.79 Å². The van der Waals surface area contributed by atoms with Gasteiger partial charge in [-0.15, -0.1) is 0 Å². The predicted octanol–water partition coefficient (Wildman–Crippen LogP) is 3.37. The largest absolute Gasteiger partial charge is 0.352 e. The van der Waals surface area contributed by atoms with Gasteiger partial charge >= 0.3 is 0 Å². The molecule has 0 aliphatic carbocycles. The highest BCUT2D eigenvalue weighted by molar-refractivity contribution is 5.76. The fourth-order valence-corrected chi connectivity index (χ4v) is 2.19. The fourth-order valence-electron chi connectivity index (χ4n) is 2.19. The third kappa shape index (κ3) is 4.75. The van der Waals surface area contributed by atoms with Gasteiger partial charge in [-0.2, -0.15) is 5.26 Å². The smallest absolute Gasteiger partial charge is 0.220 e. The Kier molecular flexibility index (Phi) is 5.73. The molecule has 0 saturated carbocycles. The van der Waals surface area contributed by atoms with Crippen LogP contribution >= 0.6 is 0 Å². The summed E-state index contributed by atoms with van der Waals surface area (Å²) in [6, 6.07) is 17.7. The molecule has 0 saturated heterocycles. The molecular weight excluding hydrogens is 272 g/mol. The second kappa shape index (κ2) is 7.99. The van der Waals surface area contributed by atoms with Gasteiger partial charge in [0.15, 0.2) is 0 Å².